The third-order valence-electron chi connectivity index (χ3n) is 4.68. The second kappa shape index (κ2) is 6.76. The highest BCUT2D eigenvalue weighted by atomic mass is 15.1. The lowest BCUT2D eigenvalue weighted by atomic mass is 9.77. The van der Waals surface area contributed by atoms with Gasteiger partial charge < -0.3 is 16.8 Å². The van der Waals surface area contributed by atoms with E-state index < -0.39 is 0 Å². The van der Waals surface area contributed by atoms with Crippen molar-refractivity contribution in [2.45, 2.75) is 110 Å². The van der Waals surface area contributed by atoms with Crippen molar-refractivity contribution in [3.63, 3.8) is 0 Å². The number of rotatable bonds is 9. The SMILES string of the molecule is CCC(C)(N)CC(C)(C)NC(C)(CC)CC(C)(N)CC. The average Bonchev–Trinajstić information content (AvgIpc) is 2.26. The fraction of sp³-hybridized carbons (Fsp3) is 1.00. The summed E-state index contributed by atoms with van der Waals surface area (Å²) in [4.78, 5) is 0. The maximum Gasteiger partial charge on any atom is 0.0173 e. The second-order valence-corrected chi connectivity index (χ2v) is 8.29. The van der Waals surface area contributed by atoms with E-state index in [0.717, 1.165) is 32.1 Å². The smallest absolute Gasteiger partial charge is 0.0173 e. The zero-order valence-electron chi connectivity index (χ0n) is 15.2. The highest BCUT2D eigenvalue weighted by molar-refractivity contribution is 4.99. The summed E-state index contributed by atoms with van der Waals surface area (Å²) < 4.78 is 0. The topological polar surface area (TPSA) is 64.1 Å². The van der Waals surface area contributed by atoms with E-state index in [1.54, 1.807) is 0 Å². The zero-order chi connectivity index (χ0) is 16.2. The van der Waals surface area contributed by atoms with Crippen molar-refractivity contribution in [2.24, 2.45) is 11.5 Å². The largest absolute Gasteiger partial charge is 0.325 e. The summed E-state index contributed by atoms with van der Waals surface area (Å²) in [6.07, 6.45) is 4.98. The Hall–Kier alpha value is -0.120. The fourth-order valence-corrected chi connectivity index (χ4v) is 3.27. The van der Waals surface area contributed by atoms with Crippen molar-refractivity contribution in [2.75, 3.05) is 0 Å². The van der Waals surface area contributed by atoms with Crippen LogP contribution in [0.25, 0.3) is 0 Å². The minimum atomic E-state index is -0.123. The van der Waals surface area contributed by atoms with Gasteiger partial charge in [0, 0.05) is 22.2 Å². The van der Waals surface area contributed by atoms with Crippen LogP contribution in [0.2, 0.25) is 0 Å². The van der Waals surface area contributed by atoms with Crippen LogP contribution in [0.1, 0.15) is 87.5 Å². The first-order valence-corrected chi connectivity index (χ1v) is 8.17. The molecule has 0 aliphatic carbocycles. The van der Waals surface area contributed by atoms with Gasteiger partial charge in [0.05, 0.1) is 0 Å². The summed E-state index contributed by atoms with van der Waals surface area (Å²) in [6.45, 7) is 17.6. The minimum Gasteiger partial charge on any atom is -0.325 e. The van der Waals surface area contributed by atoms with Gasteiger partial charge in [-0.25, -0.2) is 0 Å². The third-order valence-corrected chi connectivity index (χ3v) is 4.68. The predicted molar refractivity (Wildman–Crippen MR) is 90.9 cm³/mol. The zero-order valence-corrected chi connectivity index (χ0v) is 15.2. The monoisotopic (exact) mass is 285 g/mol. The van der Waals surface area contributed by atoms with E-state index in [9.17, 15) is 0 Å². The number of hydrogen-bond donors (Lipinski definition) is 3. The van der Waals surface area contributed by atoms with Crippen molar-refractivity contribution in [3.05, 3.63) is 0 Å². The van der Waals surface area contributed by atoms with Crippen molar-refractivity contribution in [1.82, 2.24) is 5.32 Å². The van der Waals surface area contributed by atoms with Crippen LogP contribution in [-0.2, 0) is 0 Å². The van der Waals surface area contributed by atoms with Crippen molar-refractivity contribution < 1.29 is 0 Å². The number of hydrogen-bond acceptors (Lipinski definition) is 3. The molecule has 122 valence electrons. The Morgan fingerprint density at radius 2 is 1.10 bits per heavy atom. The quantitative estimate of drug-likeness (QED) is 0.607. The molecule has 0 aromatic rings. The first-order valence-electron chi connectivity index (χ1n) is 8.17. The molecule has 0 aliphatic heterocycles. The summed E-state index contributed by atoms with van der Waals surface area (Å²) in [6, 6.07) is 0. The molecule has 0 aliphatic rings. The van der Waals surface area contributed by atoms with Crippen LogP contribution in [0, 0.1) is 0 Å². The van der Waals surface area contributed by atoms with Crippen LogP contribution in [0.5, 0.6) is 0 Å². The molecular formula is C17H39N3. The number of nitrogens with one attached hydrogen (secondary N) is 1. The normalized spacial score (nSPS) is 21.9. The van der Waals surface area contributed by atoms with Crippen molar-refractivity contribution >= 4 is 0 Å². The molecule has 0 radical (unpaired) electrons. The van der Waals surface area contributed by atoms with E-state index in [4.69, 9.17) is 11.5 Å². The Kier molecular flexibility index (Phi) is 6.72. The molecule has 3 heteroatoms. The number of nitrogens with two attached hydrogens (primary N) is 2. The molecule has 20 heavy (non-hydrogen) atoms. The molecule has 0 heterocycles. The van der Waals surface area contributed by atoms with Gasteiger partial charge in [-0.15, -0.1) is 0 Å². The van der Waals surface area contributed by atoms with Crippen molar-refractivity contribution in [3.8, 4) is 0 Å². The molecule has 3 atom stereocenters. The molecule has 0 amide bonds. The minimum absolute atomic E-state index is 0.00803. The van der Waals surface area contributed by atoms with Gasteiger partial charge in [-0.1, -0.05) is 20.8 Å². The maximum atomic E-state index is 6.39. The van der Waals surface area contributed by atoms with E-state index in [-0.39, 0.29) is 22.2 Å². The first-order chi connectivity index (χ1) is 8.80. The summed E-state index contributed by atoms with van der Waals surface area (Å²) in [5, 5.41) is 3.84. The van der Waals surface area contributed by atoms with E-state index >= 15 is 0 Å². The molecule has 0 bridgehead atoms. The maximum absolute atomic E-state index is 6.39. The van der Waals surface area contributed by atoms with E-state index in [1.807, 2.05) is 0 Å². The van der Waals surface area contributed by atoms with Gasteiger partial charge >= 0.3 is 0 Å². The van der Waals surface area contributed by atoms with Crippen LogP contribution in [0.3, 0.4) is 0 Å². The Labute approximate surface area is 127 Å². The van der Waals surface area contributed by atoms with E-state index in [2.05, 4.69) is 60.7 Å². The van der Waals surface area contributed by atoms with E-state index in [0.29, 0.717) is 0 Å². The lowest BCUT2D eigenvalue weighted by molar-refractivity contribution is 0.160. The molecule has 5 N–H and O–H groups in total. The van der Waals surface area contributed by atoms with Gasteiger partial charge in [-0.05, 0) is 66.7 Å². The molecule has 3 nitrogen and oxygen atoms in total. The molecule has 0 saturated heterocycles. The standard InChI is InChI=1S/C17H39N3/c1-9-15(6,18)12-14(4,5)20-17(8,11-3)13-16(7,19)10-2/h20H,9-13,18-19H2,1-8H3. The second-order valence-electron chi connectivity index (χ2n) is 8.29. The van der Waals surface area contributed by atoms with Crippen LogP contribution in [0.15, 0.2) is 0 Å². The lowest BCUT2D eigenvalue weighted by Gasteiger charge is -2.45. The summed E-state index contributed by atoms with van der Waals surface area (Å²) in [5.41, 5.74) is 12.5. The van der Waals surface area contributed by atoms with Gasteiger partial charge in [0.2, 0.25) is 0 Å². The highest BCUT2D eigenvalue weighted by Crippen LogP contribution is 2.29. The van der Waals surface area contributed by atoms with Crippen LogP contribution in [0.4, 0.5) is 0 Å². The lowest BCUT2D eigenvalue weighted by Crippen LogP contribution is -2.60. The highest BCUT2D eigenvalue weighted by Gasteiger charge is 2.37. The molecule has 0 fully saturated rings. The summed E-state index contributed by atoms with van der Waals surface area (Å²) in [5.74, 6) is 0. The Morgan fingerprint density at radius 1 is 0.700 bits per heavy atom. The molecule has 3 unspecified atom stereocenters. The van der Waals surface area contributed by atoms with Crippen LogP contribution < -0.4 is 16.8 Å². The summed E-state index contributed by atoms with van der Waals surface area (Å²) in [7, 11) is 0. The molecular weight excluding hydrogens is 246 g/mol. The molecule has 0 aromatic heterocycles. The summed E-state index contributed by atoms with van der Waals surface area (Å²) >= 11 is 0. The van der Waals surface area contributed by atoms with Gasteiger partial charge in [0.25, 0.3) is 0 Å². The van der Waals surface area contributed by atoms with E-state index in [1.165, 1.54) is 0 Å². The Morgan fingerprint density at radius 3 is 1.45 bits per heavy atom. The van der Waals surface area contributed by atoms with Gasteiger partial charge in [-0.2, -0.15) is 0 Å². The van der Waals surface area contributed by atoms with Crippen LogP contribution >= 0.6 is 0 Å². The van der Waals surface area contributed by atoms with Crippen molar-refractivity contribution in [1.29, 1.82) is 0 Å². The van der Waals surface area contributed by atoms with Gasteiger partial charge in [0.15, 0.2) is 0 Å². The van der Waals surface area contributed by atoms with Crippen LogP contribution in [-0.4, -0.2) is 22.2 Å². The third kappa shape index (κ3) is 7.05. The molecule has 0 spiro atoms. The van der Waals surface area contributed by atoms with Gasteiger partial charge in [0.1, 0.15) is 0 Å². The molecule has 0 rings (SSSR count). The Balaban J connectivity index is 4.93. The molecule has 0 aromatic carbocycles. The first kappa shape index (κ1) is 19.9. The van der Waals surface area contributed by atoms with Gasteiger partial charge in [-0.3, -0.25) is 0 Å². The predicted octanol–water partition coefficient (Wildman–Crippen LogP) is 3.56. The fourth-order valence-electron chi connectivity index (χ4n) is 3.27. The Bertz CT molecular complexity index is 295. The average molecular weight is 286 g/mol. The molecule has 0 saturated carbocycles.